The highest BCUT2D eigenvalue weighted by atomic mass is 35.5. The van der Waals surface area contributed by atoms with Gasteiger partial charge < -0.3 is 19.5 Å². The van der Waals surface area contributed by atoms with Crippen LogP contribution >= 0.6 is 23.2 Å². The van der Waals surface area contributed by atoms with Gasteiger partial charge in [0, 0.05) is 21.3 Å². The van der Waals surface area contributed by atoms with Gasteiger partial charge in [0.1, 0.15) is 11.6 Å². The smallest absolute Gasteiger partial charge is 0.266 e. The predicted molar refractivity (Wildman–Crippen MR) is 105 cm³/mol. The van der Waals surface area contributed by atoms with Crippen LogP contribution in [0.5, 0.6) is 17.2 Å². The lowest BCUT2D eigenvalue weighted by Gasteiger charge is -2.14. The third-order valence-corrected chi connectivity index (χ3v) is 3.96. The standard InChI is InChI=1S/C19H16Cl2N2O4/c1-25-16-5-4-11(17(26-2)18(16)27-3)6-12(10-22)19(24)23-15-8-13(20)7-14(21)9-15/h4-9H,1-3H3,(H,23,24)/b12-6+. The maximum atomic E-state index is 12.5. The Labute approximate surface area is 166 Å². The number of halogens is 2. The summed E-state index contributed by atoms with van der Waals surface area (Å²) in [7, 11) is 4.42. The van der Waals surface area contributed by atoms with Crippen molar-refractivity contribution in [1.82, 2.24) is 0 Å². The minimum absolute atomic E-state index is 0.142. The number of nitrogens with one attached hydrogen (secondary N) is 1. The third-order valence-electron chi connectivity index (χ3n) is 3.52. The van der Waals surface area contributed by atoms with Crippen LogP contribution in [-0.4, -0.2) is 27.2 Å². The summed E-state index contributed by atoms with van der Waals surface area (Å²) in [5.74, 6) is 0.534. The van der Waals surface area contributed by atoms with Crippen LogP contribution in [0.2, 0.25) is 10.0 Å². The van der Waals surface area contributed by atoms with E-state index < -0.39 is 5.91 Å². The average molecular weight is 407 g/mol. The molecular weight excluding hydrogens is 391 g/mol. The van der Waals surface area contributed by atoms with Crippen molar-refractivity contribution < 1.29 is 19.0 Å². The number of nitrogens with zero attached hydrogens (tertiary/aromatic N) is 1. The van der Waals surface area contributed by atoms with E-state index in [1.54, 1.807) is 12.1 Å². The van der Waals surface area contributed by atoms with Crippen molar-refractivity contribution in [2.75, 3.05) is 26.6 Å². The summed E-state index contributed by atoms with van der Waals surface area (Å²) in [6, 6.07) is 9.76. The van der Waals surface area contributed by atoms with Crippen LogP contribution < -0.4 is 19.5 Å². The van der Waals surface area contributed by atoms with Crippen LogP contribution in [0.25, 0.3) is 6.08 Å². The molecule has 2 rings (SSSR count). The highest BCUT2D eigenvalue weighted by Gasteiger charge is 2.17. The zero-order valence-electron chi connectivity index (χ0n) is 14.8. The van der Waals surface area contributed by atoms with Crippen molar-refractivity contribution in [3.05, 3.63) is 51.5 Å². The predicted octanol–water partition coefficient (Wildman–Crippen LogP) is 4.56. The third kappa shape index (κ3) is 4.85. The maximum absolute atomic E-state index is 12.5. The largest absolute Gasteiger partial charge is 0.493 e. The molecular formula is C19H16Cl2N2O4. The van der Waals surface area contributed by atoms with E-state index in [2.05, 4.69) is 5.32 Å². The SMILES string of the molecule is COc1ccc(/C=C(\C#N)C(=O)Nc2cc(Cl)cc(Cl)c2)c(OC)c1OC. The fraction of sp³-hybridized carbons (Fsp3) is 0.158. The number of carbonyl (C=O) groups is 1. The van der Waals surface area contributed by atoms with Crippen molar-refractivity contribution in [2.45, 2.75) is 0 Å². The van der Waals surface area contributed by atoms with Crippen molar-refractivity contribution in [3.8, 4) is 23.3 Å². The zero-order valence-corrected chi connectivity index (χ0v) is 16.3. The molecule has 1 amide bonds. The van der Waals surface area contributed by atoms with Crippen LogP contribution in [-0.2, 0) is 4.79 Å². The number of hydrogen-bond donors (Lipinski definition) is 1. The minimum atomic E-state index is -0.618. The number of nitriles is 1. The van der Waals surface area contributed by atoms with Crippen molar-refractivity contribution in [3.63, 3.8) is 0 Å². The summed E-state index contributed by atoms with van der Waals surface area (Å²) in [5, 5.41) is 12.7. The van der Waals surface area contributed by atoms with Crippen LogP contribution in [0.1, 0.15) is 5.56 Å². The van der Waals surface area contributed by atoms with Crippen LogP contribution in [0.4, 0.5) is 5.69 Å². The molecule has 2 aromatic rings. The van der Waals surface area contributed by atoms with Crippen LogP contribution in [0.3, 0.4) is 0 Å². The highest BCUT2D eigenvalue weighted by molar-refractivity contribution is 6.35. The Morgan fingerprint density at radius 2 is 1.67 bits per heavy atom. The van der Waals surface area contributed by atoms with E-state index in [9.17, 15) is 10.1 Å². The van der Waals surface area contributed by atoms with Crippen molar-refractivity contribution in [2.24, 2.45) is 0 Å². The first kappa shape index (κ1) is 20.4. The van der Waals surface area contributed by atoms with Gasteiger partial charge in [-0.25, -0.2) is 0 Å². The van der Waals surface area contributed by atoms with Gasteiger partial charge in [0.2, 0.25) is 5.75 Å². The molecule has 0 saturated heterocycles. The molecule has 0 atom stereocenters. The molecule has 0 spiro atoms. The minimum Gasteiger partial charge on any atom is -0.493 e. The molecule has 1 N–H and O–H groups in total. The van der Waals surface area contributed by atoms with Crippen LogP contribution in [0, 0.1) is 11.3 Å². The lowest BCUT2D eigenvalue weighted by molar-refractivity contribution is -0.112. The fourth-order valence-corrected chi connectivity index (χ4v) is 2.89. The Morgan fingerprint density at radius 1 is 1.04 bits per heavy atom. The van der Waals surface area contributed by atoms with Gasteiger partial charge in [0.15, 0.2) is 11.5 Å². The summed E-state index contributed by atoms with van der Waals surface area (Å²) in [4.78, 5) is 12.5. The second-order valence-electron chi connectivity index (χ2n) is 5.21. The lowest BCUT2D eigenvalue weighted by atomic mass is 10.1. The number of carbonyl (C=O) groups excluding carboxylic acids is 1. The van der Waals surface area contributed by atoms with E-state index in [0.717, 1.165) is 0 Å². The molecule has 0 aliphatic heterocycles. The van der Waals surface area contributed by atoms with Gasteiger partial charge in [0.25, 0.3) is 5.91 Å². The van der Waals surface area contributed by atoms with Gasteiger partial charge in [-0.05, 0) is 36.4 Å². The second kappa shape index (κ2) is 9.17. The van der Waals surface area contributed by atoms with Crippen molar-refractivity contribution in [1.29, 1.82) is 5.26 Å². The molecule has 0 aliphatic carbocycles. The number of ether oxygens (including phenoxy) is 3. The van der Waals surface area contributed by atoms with E-state index in [-0.39, 0.29) is 5.57 Å². The number of anilines is 1. The molecule has 2 aromatic carbocycles. The molecule has 0 aliphatic rings. The van der Waals surface area contributed by atoms with E-state index in [1.165, 1.54) is 45.6 Å². The highest BCUT2D eigenvalue weighted by Crippen LogP contribution is 2.40. The Kier molecular flexibility index (Phi) is 6.94. The molecule has 0 fully saturated rings. The van der Waals surface area contributed by atoms with E-state index >= 15 is 0 Å². The first-order valence-corrected chi connectivity index (χ1v) is 8.37. The summed E-state index contributed by atoms with van der Waals surface area (Å²) < 4.78 is 15.9. The Hall–Kier alpha value is -2.88. The first-order chi connectivity index (χ1) is 12.9. The average Bonchev–Trinajstić information content (AvgIpc) is 2.64. The number of methoxy groups -OCH3 is 3. The summed E-state index contributed by atoms with van der Waals surface area (Å²) >= 11 is 11.8. The number of rotatable bonds is 6. The quantitative estimate of drug-likeness (QED) is 0.561. The van der Waals surface area contributed by atoms with E-state index in [4.69, 9.17) is 37.4 Å². The van der Waals surface area contributed by atoms with Crippen LogP contribution in [0.15, 0.2) is 35.9 Å². The summed E-state index contributed by atoms with van der Waals surface area (Å²) in [6.45, 7) is 0. The van der Waals surface area contributed by atoms with Gasteiger partial charge in [-0.1, -0.05) is 23.2 Å². The maximum Gasteiger partial charge on any atom is 0.266 e. The number of benzene rings is 2. The molecule has 0 bridgehead atoms. The lowest BCUT2D eigenvalue weighted by Crippen LogP contribution is -2.13. The second-order valence-corrected chi connectivity index (χ2v) is 6.08. The molecule has 0 aromatic heterocycles. The molecule has 27 heavy (non-hydrogen) atoms. The van der Waals surface area contributed by atoms with Gasteiger partial charge in [0.05, 0.1) is 21.3 Å². The van der Waals surface area contributed by atoms with Crippen molar-refractivity contribution >= 4 is 40.9 Å². The van der Waals surface area contributed by atoms with E-state index in [0.29, 0.717) is 38.5 Å². The Morgan fingerprint density at radius 3 is 2.19 bits per heavy atom. The molecule has 0 unspecified atom stereocenters. The molecule has 0 heterocycles. The summed E-state index contributed by atoms with van der Waals surface area (Å²) in [5.41, 5.74) is 0.709. The molecule has 0 radical (unpaired) electrons. The summed E-state index contributed by atoms with van der Waals surface area (Å²) in [6.07, 6.45) is 1.39. The molecule has 8 heteroatoms. The van der Waals surface area contributed by atoms with Gasteiger partial charge in [-0.3, -0.25) is 4.79 Å². The van der Waals surface area contributed by atoms with Gasteiger partial charge in [-0.15, -0.1) is 0 Å². The molecule has 6 nitrogen and oxygen atoms in total. The fourth-order valence-electron chi connectivity index (χ4n) is 2.37. The molecule has 0 saturated carbocycles. The number of amides is 1. The Balaban J connectivity index is 2.40. The zero-order chi connectivity index (χ0) is 20.0. The molecule has 140 valence electrons. The number of hydrogen-bond acceptors (Lipinski definition) is 5. The van der Waals surface area contributed by atoms with Gasteiger partial charge >= 0.3 is 0 Å². The normalized spacial score (nSPS) is 10.7. The Bertz CT molecular complexity index is 916. The topological polar surface area (TPSA) is 80.6 Å². The monoisotopic (exact) mass is 406 g/mol. The van der Waals surface area contributed by atoms with Gasteiger partial charge in [-0.2, -0.15) is 5.26 Å². The first-order valence-electron chi connectivity index (χ1n) is 7.61. The van der Waals surface area contributed by atoms with E-state index in [1.807, 2.05) is 6.07 Å².